The summed E-state index contributed by atoms with van der Waals surface area (Å²) in [5.74, 6) is 0.261. The molecule has 0 bridgehead atoms. The van der Waals surface area contributed by atoms with Gasteiger partial charge in [0.25, 0.3) is 0 Å². The molecule has 8 aromatic rings. The van der Waals surface area contributed by atoms with Crippen LogP contribution >= 0.6 is 22.7 Å². The summed E-state index contributed by atoms with van der Waals surface area (Å²) >= 11 is 3.75. The van der Waals surface area contributed by atoms with E-state index in [2.05, 4.69) is 66.9 Å². The number of phenols is 1. The highest BCUT2D eigenvalue weighted by Gasteiger charge is 2.22. The van der Waals surface area contributed by atoms with Crippen LogP contribution in [0.15, 0.2) is 77.2 Å². The molecule has 3 nitrogen and oxygen atoms in total. The van der Waals surface area contributed by atoms with Crippen LogP contribution in [-0.4, -0.2) is 9.67 Å². The van der Waals surface area contributed by atoms with Gasteiger partial charge in [0.1, 0.15) is 16.8 Å². The number of phenolic OH excluding ortho intramolecular Hbond substituents is 1. The van der Waals surface area contributed by atoms with E-state index in [9.17, 15) is 5.11 Å². The van der Waals surface area contributed by atoms with Gasteiger partial charge in [0.05, 0.1) is 14.9 Å². The first-order valence-corrected chi connectivity index (χ1v) is 13.2. The van der Waals surface area contributed by atoms with Crippen molar-refractivity contribution in [2.24, 2.45) is 0 Å². The Labute approximate surface area is 208 Å². The van der Waals surface area contributed by atoms with E-state index in [0.29, 0.717) is 0 Å². The van der Waals surface area contributed by atoms with Gasteiger partial charge in [0.15, 0.2) is 5.58 Å². The first kappa shape index (κ1) is 19.5. The zero-order chi connectivity index (χ0) is 23.4. The van der Waals surface area contributed by atoms with Gasteiger partial charge in [0, 0.05) is 36.6 Å². The summed E-state index contributed by atoms with van der Waals surface area (Å²) in [6.45, 7) is 4.24. The smallest absolute Gasteiger partial charge is 0.161 e. The van der Waals surface area contributed by atoms with Crippen molar-refractivity contribution < 1.29 is 9.52 Å². The molecular weight excluding hydrogens is 470 g/mol. The van der Waals surface area contributed by atoms with Crippen molar-refractivity contribution in [2.75, 3.05) is 0 Å². The van der Waals surface area contributed by atoms with Gasteiger partial charge in [-0.05, 0) is 79.6 Å². The summed E-state index contributed by atoms with van der Waals surface area (Å²) in [6.07, 6.45) is 0. The predicted octanol–water partition coefficient (Wildman–Crippen LogP) is 9.43. The van der Waals surface area contributed by atoms with Gasteiger partial charge in [-0.1, -0.05) is 18.2 Å². The average Bonchev–Trinajstić information content (AvgIpc) is 3.55. The van der Waals surface area contributed by atoms with Gasteiger partial charge in [-0.15, -0.1) is 22.7 Å². The van der Waals surface area contributed by atoms with Crippen LogP contribution in [0, 0.1) is 13.8 Å². The zero-order valence-corrected chi connectivity index (χ0v) is 20.7. The highest BCUT2D eigenvalue weighted by molar-refractivity contribution is 7.36. The lowest BCUT2D eigenvalue weighted by Gasteiger charge is -2.08. The molecule has 1 N–H and O–H groups in total. The molecule has 0 aliphatic rings. The largest absolute Gasteiger partial charge is 0.508 e. The van der Waals surface area contributed by atoms with Gasteiger partial charge >= 0.3 is 0 Å². The highest BCUT2D eigenvalue weighted by Crippen LogP contribution is 2.47. The fourth-order valence-electron chi connectivity index (χ4n) is 5.35. The van der Waals surface area contributed by atoms with Gasteiger partial charge in [-0.2, -0.15) is 0 Å². The van der Waals surface area contributed by atoms with Crippen molar-refractivity contribution in [2.45, 2.75) is 13.8 Å². The quantitative estimate of drug-likeness (QED) is 0.249. The summed E-state index contributed by atoms with van der Waals surface area (Å²) in [5, 5.41) is 14.8. The molecule has 8 rings (SSSR count). The average molecular weight is 490 g/mol. The van der Waals surface area contributed by atoms with Crippen molar-refractivity contribution in [3.63, 3.8) is 0 Å². The Morgan fingerprint density at radius 3 is 2.17 bits per heavy atom. The summed E-state index contributed by atoms with van der Waals surface area (Å²) in [4.78, 5) is 0. The Morgan fingerprint density at radius 2 is 1.37 bits per heavy atom. The lowest BCUT2D eigenvalue weighted by atomic mass is 10.1. The number of aromatic nitrogens is 1. The number of hydrogen-bond donors (Lipinski definition) is 1. The van der Waals surface area contributed by atoms with E-state index in [1.165, 1.54) is 40.7 Å². The Bertz CT molecular complexity index is 2140. The third-order valence-corrected chi connectivity index (χ3v) is 9.49. The second-order valence-electron chi connectivity index (χ2n) is 9.36. The molecule has 4 heterocycles. The predicted molar refractivity (Wildman–Crippen MR) is 150 cm³/mol. The Hall–Kier alpha value is -3.80. The molecule has 168 valence electrons. The molecule has 5 heteroatoms. The van der Waals surface area contributed by atoms with Crippen LogP contribution in [-0.2, 0) is 0 Å². The summed E-state index contributed by atoms with van der Waals surface area (Å²) in [5.41, 5.74) is 7.48. The molecule has 0 saturated heterocycles. The first-order chi connectivity index (χ1) is 17.0. The molecule has 0 unspecified atom stereocenters. The molecule has 35 heavy (non-hydrogen) atoms. The van der Waals surface area contributed by atoms with Crippen LogP contribution in [0.4, 0.5) is 0 Å². The maximum absolute atomic E-state index is 9.94. The van der Waals surface area contributed by atoms with E-state index < -0.39 is 0 Å². The lowest BCUT2D eigenvalue weighted by Crippen LogP contribution is -1.93. The summed E-state index contributed by atoms with van der Waals surface area (Å²) < 4.78 is 14.1. The third-order valence-electron chi connectivity index (χ3n) is 6.99. The van der Waals surface area contributed by atoms with Crippen LogP contribution in [0.2, 0.25) is 0 Å². The Kier molecular flexibility index (Phi) is 3.71. The Balaban J connectivity index is 1.56. The summed E-state index contributed by atoms with van der Waals surface area (Å²) in [7, 11) is 0. The van der Waals surface area contributed by atoms with E-state index in [0.717, 1.165) is 38.7 Å². The van der Waals surface area contributed by atoms with E-state index in [4.69, 9.17) is 4.42 Å². The number of benzene rings is 4. The van der Waals surface area contributed by atoms with Crippen LogP contribution in [0.1, 0.15) is 11.1 Å². The molecule has 4 aromatic heterocycles. The minimum atomic E-state index is 0.261. The van der Waals surface area contributed by atoms with E-state index in [-0.39, 0.29) is 5.75 Å². The van der Waals surface area contributed by atoms with Crippen LogP contribution in [0.25, 0.3) is 68.2 Å². The maximum Gasteiger partial charge on any atom is 0.161 e. The van der Waals surface area contributed by atoms with Crippen LogP contribution in [0.3, 0.4) is 0 Å². The van der Waals surface area contributed by atoms with Crippen LogP contribution in [0.5, 0.6) is 5.75 Å². The number of furan rings is 1. The van der Waals surface area contributed by atoms with Crippen molar-refractivity contribution in [1.29, 1.82) is 0 Å². The van der Waals surface area contributed by atoms with Crippen molar-refractivity contribution in [1.82, 2.24) is 4.57 Å². The molecule has 0 spiro atoms. The Morgan fingerprint density at radius 1 is 0.686 bits per heavy atom. The van der Waals surface area contributed by atoms with E-state index >= 15 is 0 Å². The fraction of sp³-hybridized carbons (Fsp3) is 0.0667. The van der Waals surface area contributed by atoms with E-state index in [1.807, 2.05) is 34.8 Å². The monoisotopic (exact) mass is 489 g/mol. The molecule has 0 aliphatic heterocycles. The fourth-order valence-corrected chi connectivity index (χ4v) is 8.11. The number of nitrogens with zero attached hydrogens (tertiary/aromatic N) is 1. The first-order valence-electron chi connectivity index (χ1n) is 11.6. The molecule has 0 aliphatic carbocycles. The van der Waals surface area contributed by atoms with Crippen molar-refractivity contribution in [3.8, 4) is 11.4 Å². The molecule has 0 saturated carbocycles. The lowest BCUT2D eigenvalue weighted by molar-refractivity contribution is 0.475. The number of rotatable bonds is 1. The van der Waals surface area contributed by atoms with Gasteiger partial charge in [0.2, 0.25) is 0 Å². The maximum atomic E-state index is 9.94. The molecule has 4 aromatic carbocycles. The second kappa shape index (κ2) is 6.66. The third kappa shape index (κ3) is 2.60. The minimum Gasteiger partial charge on any atom is -0.508 e. The van der Waals surface area contributed by atoms with E-state index in [1.54, 1.807) is 12.1 Å². The van der Waals surface area contributed by atoms with Crippen LogP contribution < -0.4 is 0 Å². The number of fused-ring (bicyclic) bond motifs is 10. The normalized spacial score (nSPS) is 12.4. The molecule has 0 atom stereocenters. The molecule has 0 fully saturated rings. The standard InChI is InChI=1S/C30H19NO2S2/c1-15-3-9-19-24(11-15)33-28-21-14-26-22(30-29(35-26)20-10-4-16(2)12-25(20)34-30)13-23(21)31(27(19)28)17-5-7-18(32)8-6-17/h3-14,32H,1-2H3. The number of aromatic hydroxyl groups is 1. The molecular formula is C30H19NO2S2. The summed E-state index contributed by atoms with van der Waals surface area (Å²) in [6, 6.07) is 25.2. The SMILES string of the molecule is Cc1ccc2c(c1)oc1c3cc4sc5c6ccc(C)cc6sc5c4cc3n(-c3ccc(O)cc3)c21. The van der Waals surface area contributed by atoms with Crippen molar-refractivity contribution >= 4 is 85.2 Å². The topological polar surface area (TPSA) is 38.3 Å². The van der Waals surface area contributed by atoms with Gasteiger partial charge in [-0.25, -0.2) is 0 Å². The number of hydrogen-bond acceptors (Lipinski definition) is 4. The van der Waals surface area contributed by atoms with Crippen molar-refractivity contribution in [3.05, 3.63) is 83.9 Å². The number of thiophene rings is 2. The highest BCUT2D eigenvalue weighted by atomic mass is 32.1. The molecule has 0 radical (unpaired) electrons. The van der Waals surface area contributed by atoms with Gasteiger partial charge < -0.3 is 14.1 Å². The van der Waals surface area contributed by atoms with Gasteiger partial charge in [-0.3, -0.25) is 0 Å². The molecule has 0 amide bonds. The second-order valence-corrected chi connectivity index (χ2v) is 11.5. The zero-order valence-electron chi connectivity index (χ0n) is 19.0. The minimum absolute atomic E-state index is 0.261. The number of aryl methyl sites for hydroxylation is 2.